The van der Waals surface area contributed by atoms with Gasteiger partial charge in [-0.1, -0.05) is 39.8 Å². The molecule has 0 atom stereocenters. The van der Waals surface area contributed by atoms with Crippen molar-refractivity contribution in [1.29, 1.82) is 0 Å². The number of aromatic nitrogens is 3. The maximum absolute atomic E-state index is 13.2. The van der Waals surface area contributed by atoms with Crippen LogP contribution in [0.15, 0.2) is 92.6 Å². The third kappa shape index (κ3) is 5.07. The van der Waals surface area contributed by atoms with E-state index in [1.165, 1.54) is 22.5 Å². The first-order valence-electron chi connectivity index (χ1n) is 9.24. The number of fused-ring (bicyclic) bond motifs is 1. The van der Waals surface area contributed by atoms with Crippen LogP contribution in [0.2, 0.25) is 0 Å². The summed E-state index contributed by atoms with van der Waals surface area (Å²) in [4.78, 5) is 34.0. The quantitative estimate of drug-likeness (QED) is 0.191. The molecule has 0 unspecified atom stereocenters. The molecule has 2 aromatic carbocycles. The van der Waals surface area contributed by atoms with Gasteiger partial charge in [-0.15, -0.1) is 0 Å². The molecule has 0 saturated heterocycles. The van der Waals surface area contributed by atoms with E-state index in [2.05, 4.69) is 36.4 Å². The summed E-state index contributed by atoms with van der Waals surface area (Å²) in [5.41, 5.74) is 4.38. The molecule has 31 heavy (non-hydrogen) atoms. The number of hydrogen-bond donors (Lipinski definition) is 1. The number of pyridine rings is 1. The van der Waals surface area contributed by atoms with E-state index in [0.717, 1.165) is 10.0 Å². The predicted octanol–water partition coefficient (Wildman–Crippen LogP) is 3.79. The van der Waals surface area contributed by atoms with E-state index in [1.54, 1.807) is 42.7 Å². The van der Waals surface area contributed by atoms with Gasteiger partial charge in [0.25, 0.3) is 11.5 Å². The number of carbonyl (C=O) groups is 1. The van der Waals surface area contributed by atoms with Crippen molar-refractivity contribution in [3.05, 3.63) is 93.4 Å². The van der Waals surface area contributed by atoms with Crippen LogP contribution in [0.5, 0.6) is 0 Å². The maximum atomic E-state index is 13.2. The van der Waals surface area contributed by atoms with E-state index < -0.39 is 0 Å². The minimum absolute atomic E-state index is 0.0506. The molecule has 0 spiro atoms. The van der Waals surface area contributed by atoms with Crippen molar-refractivity contribution in [1.82, 2.24) is 20.0 Å². The molecule has 1 amide bonds. The number of hydrogen-bond acceptors (Lipinski definition) is 6. The van der Waals surface area contributed by atoms with Crippen LogP contribution in [-0.4, -0.2) is 32.4 Å². The highest BCUT2D eigenvalue weighted by molar-refractivity contribution is 9.10. The van der Waals surface area contributed by atoms with Gasteiger partial charge < -0.3 is 0 Å². The van der Waals surface area contributed by atoms with E-state index in [1.807, 2.05) is 30.3 Å². The Hall–Kier alpha value is -3.30. The van der Waals surface area contributed by atoms with Gasteiger partial charge in [0, 0.05) is 16.9 Å². The summed E-state index contributed by atoms with van der Waals surface area (Å²) in [5.74, 6) is -0.255. The minimum atomic E-state index is -0.305. The number of nitrogens with zero attached hydrogens (tertiary/aromatic N) is 4. The Morgan fingerprint density at radius 3 is 2.61 bits per heavy atom. The summed E-state index contributed by atoms with van der Waals surface area (Å²) in [6.07, 6.45) is 4.83. The van der Waals surface area contributed by atoms with Crippen LogP contribution in [0.25, 0.3) is 16.6 Å². The smallest absolute Gasteiger partial charge is 0.266 e. The van der Waals surface area contributed by atoms with Crippen LogP contribution in [0, 0.1) is 0 Å². The topological polar surface area (TPSA) is 89.2 Å². The SMILES string of the molecule is O=C(CSc1nc2ccccc2c(=O)n1-c1ccc(Br)cc1)NN=Cc1ccncc1. The zero-order valence-corrected chi connectivity index (χ0v) is 18.5. The van der Waals surface area contributed by atoms with E-state index in [0.29, 0.717) is 21.7 Å². The second kappa shape index (κ2) is 9.67. The molecule has 0 aliphatic carbocycles. The maximum Gasteiger partial charge on any atom is 0.266 e. The third-order valence-corrected chi connectivity index (χ3v) is 5.74. The Balaban J connectivity index is 1.58. The van der Waals surface area contributed by atoms with Gasteiger partial charge in [0.1, 0.15) is 0 Å². The molecule has 2 aromatic heterocycles. The van der Waals surface area contributed by atoms with Crippen LogP contribution in [0.4, 0.5) is 0 Å². The van der Waals surface area contributed by atoms with Gasteiger partial charge >= 0.3 is 0 Å². The normalized spacial score (nSPS) is 11.1. The molecule has 0 bridgehead atoms. The molecule has 0 radical (unpaired) electrons. The Labute approximate surface area is 190 Å². The first kappa shape index (κ1) is 21.0. The van der Waals surface area contributed by atoms with Gasteiger partial charge in [-0.3, -0.25) is 19.1 Å². The number of hydrazone groups is 1. The van der Waals surface area contributed by atoms with Crippen molar-refractivity contribution in [3.63, 3.8) is 0 Å². The number of nitrogens with one attached hydrogen (secondary N) is 1. The lowest BCUT2D eigenvalue weighted by Gasteiger charge is -2.13. The molecule has 2 heterocycles. The lowest BCUT2D eigenvalue weighted by molar-refractivity contribution is -0.118. The van der Waals surface area contributed by atoms with Gasteiger partial charge in [-0.05, 0) is 54.1 Å². The molecule has 7 nitrogen and oxygen atoms in total. The second-order valence-corrected chi connectivity index (χ2v) is 8.25. The average Bonchev–Trinajstić information content (AvgIpc) is 2.79. The molecule has 0 aliphatic heterocycles. The monoisotopic (exact) mass is 493 g/mol. The van der Waals surface area contributed by atoms with Crippen molar-refractivity contribution >= 4 is 50.7 Å². The highest BCUT2D eigenvalue weighted by atomic mass is 79.9. The van der Waals surface area contributed by atoms with E-state index in [9.17, 15) is 9.59 Å². The molecule has 0 saturated carbocycles. The van der Waals surface area contributed by atoms with Crippen molar-refractivity contribution < 1.29 is 4.79 Å². The Morgan fingerprint density at radius 2 is 1.84 bits per heavy atom. The van der Waals surface area contributed by atoms with Gasteiger partial charge in [0.05, 0.1) is 28.6 Å². The van der Waals surface area contributed by atoms with Gasteiger partial charge in [-0.25, -0.2) is 10.4 Å². The molecular formula is C22H16BrN5O2S. The molecule has 0 aliphatic rings. The number of benzene rings is 2. The van der Waals surface area contributed by atoms with Crippen LogP contribution in [-0.2, 0) is 4.79 Å². The summed E-state index contributed by atoms with van der Waals surface area (Å²) in [6, 6.07) is 18.1. The highest BCUT2D eigenvalue weighted by Gasteiger charge is 2.14. The van der Waals surface area contributed by atoms with E-state index in [4.69, 9.17) is 0 Å². The molecule has 1 N–H and O–H groups in total. The fourth-order valence-corrected chi connectivity index (χ4v) is 3.89. The minimum Gasteiger partial charge on any atom is -0.272 e. The number of para-hydroxylation sites is 1. The highest BCUT2D eigenvalue weighted by Crippen LogP contribution is 2.22. The fraction of sp³-hybridized carbons (Fsp3) is 0.0455. The average molecular weight is 494 g/mol. The molecule has 4 rings (SSSR count). The molecule has 154 valence electrons. The number of rotatable bonds is 6. The number of carbonyl (C=O) groups excluding carboxylic acids is 1. The van der Waals surface area contributed by atoms with Gasteiger partial charge in [0.15, 0.2) is 5.16 Å². The summed E-state index contributed by atoms with van der Waals surface area (Å²) < 4.78 is 2.42. The van der Waals surface area contributed by atoms with E-state index >= 15 is 0 Å². The lowest BCUT2D eigenvalue weighted by Crippen LogP contribution is -2.24. The Morgan fingerprint density at radius 1 is 1.10 bits per heavy atom. The summed E-state index contributed by atoms with van der Waals surface area (Å²) in [7, 11) is 0. The van der Waals surface area contributed by atoms with Crippen LogP contribution in [0.1, 0.15) is 5.56 Å². The van der Waals surface area contributed by atoms with Gasteiger partial charge in [-0.2, -0.15) is 5.10 Å². The van der Waals surface area contributed by atoms with Crippen molar-refractivity contribution in [2.24, 2.45) is 5.10 Å². The number of amides is 1. The Kier molecular flexibility index (Phi) is 6.54. The van der Waals surface area contributed by atoms with Crippen molar-refractivity contribution in [2.75, 3.05) is 5.75 Å². The molecular weight excluding hydrogens is 478 g/mol. The van der Waals surface area contributed by atoms with E-state index in [-0.39, 0.29) is 17.2 Å². The van der Waals surface area contributed by atoms with Crippen molar-refractivity contribution in [2.45, 2.75) is 5.16 Å². The van der Waals surface area contributed by atoms with Crippen LogP contribution < -0.4 is 11.0 Å². The number of thioether (sulfide) groups is 1. The zero-order valence-electron chi connectivity index (χ0n) is 16.1. The van der Waals surface area contributed by atoms with Gasteiger partial charge in [0.2, 0.25) is 0 Å². The second-order valence-electron chi connectivity index (χ2n) is 6.39. The standard InChI is InChI=1S/C22H16BrN5O2S/c23-16-5-7-17(8-6-16)28-21(30)18-3-1-2-4-19(18)26-22(28)31-14-20(29)27-25-13-15-9-11-24-12-10-15/h1-13H,14H2,(H,27,29). The fourth-order valence-electron chi connectivity index (χ4n) is 2.82. The first-order chi connectivity index (χ1) is 15.1. The molecule has 0 fully saturated rings. The summed E-state index contributed by atoms with van der Waals surface area (Å²) in [5, 5.41) is 4.90. The summed E-state index contributed by atoms with van der Waals surface area (Å²) in [6.45, 7) is 0. The van der Waals surface area contributed by atoms with Crippen LogP contribution >= 0.6 is 27.7 Å². The predicted molar refractivity (Wildman–Crippen MR) is 126 cm³/mol. The van der Waals surface area contributed by atoms with Crippen LogP contribution in [0.3, 0.4) is 0 Å². The summed E-state index contributed by atoms with van der Waals surface area (Å²) >= 11 is 4.58. The zero-order chi connectivity index (χ0) is 21.6. The first-order valence-corrected chi connectivity index (χ1v) is 11.0. The largest absolute Gasteiger partial charge is 0.272 e. The molecule has 9 heteroatoms. The number of halogens is 1. The third-order valence-electron chi connectivity index (χ3n) is 4.27. The Bertz CT molecular complexity index is 1310. The lowest BCUT2D eigenvalue weighted by atomic mass is 10.2. The van der Waals surface area contributed by atoms with Crippen molar-refractivity contribution in [3.8, 4) is 5.69 Å². The molecule has 4 aromatic rings.